The number of aromatic hydroxyl groups is 1. The van der Waals surface area contributed by atoms with Crippen LogP contribution in [0.15, 0.2) is 124 Å². The van der Waals surface area contributed by atoms with E-state index in [0.717, 1.165) is 49.0 Å². The van der Waals surface area contributed by atoms with Crippen LogP contribution in [-0.2, 0) is 16.8 Å². The molecular weight excluding hydrogens is 689 g/mol. The van der Waals surface area contributed by atoms with Crippen molar-refractivity contribution in [3.63, 3.8) is 0 Å². The number of rotatable bonds is 1. The van der Waals surface area contributed by atoms with Crippen molar-refractivity contribution in [3.05, 3.63) is 130 Å². The van der Waals surface area contributed by atoms with Crippen molar-refractivity contribution in [2.24, 2.45) is 0 Å². The molecule has 0 aliphatic rings. The standard InChI is InChI=1S/C12H8N2.C10H7Br2NO.C10H8N2.Co/c1-2-6-10-9(5-1)13-11-7-3-4-8-12(11)14-10;1-5-2-3-6-7(11)4-8(12)10(14)9(6)13-5;1-3-7-11-9(5-1)10-6-2-4-8-12-10;/h1-8H;2-4,14H,1H3;1-8H;. The van der Waals surface area contributed by atoms with E-state index in [1.807, 2.05) is 110 Å². The first-order valence-corrected chi connectivity index (χ1v) is 14.0. The summed E-state index contributed by atoms with van der Waals surface area (Å²) in [6, 6.07) is 33.1. The second-order valence-electron chi connectivity index (χ2n) is 8.67. The van der Waals surface area contributed by atoms with Crippen molar-refractivity contribution in [2.75, 3.05) is 0 Å². The average molecular weight is 712 g/mol. The van der Waals surface area contributed by atoms with E-state index in [9.17, 15) is 5.11 Å². The first-order valence-electron chi connectivity index (χ1n) is 12.4. The quantitative estimate of drug-likeness (QED) is 0.172. The van der Waals surface area contributed by atoms with Crippen LogP contribution >= 0.6 is 31.9 Å². The molecule has 205 valence electrons. The van der Waals surface area contributed by atoms with E-state index < -0.39 is 0 Å². The number of phenolic OH excluding ortho intramolecular Hbond substituents is 1. The minimum absolute atomic E-state index is 0. The molecule has 1 N–H and O–H groups in total. The molecule has 0 saturated carbocycles. The van der Waals surface area contributed by atoms with E-state index >= 15 is 0 Å². The number of pyridine rings is 3. The van der Waals surface area contributed by atoms with Crippen LogP contribution in [-0.4, -0.2) is 30.0 Å². The molecule has 0 bridgehead atoms. The average Bonchev–Trinajstić information content (AvgIpc) is 3.00. The molecule has 7 rings (SSSR count). The fourth-order valence-corrected chi connectivity index (χ4v) is 5.17. The summed E-state index contributed by atoms with van der Waals surface area (Å²) in [6.45, 7) is 1.90. The predicted molar refractivity (Wildman–Crippen MR) is 168 cm³/mol. The summed E-state index contributed by atoms with van der Waals surface area (Å²) in [6.07, 6.45) is 3.54. The molecule has 4 heterocycles. The third-order valence-corrected chi connectivity index (χ3v) is 7.09. The SMILES string of the molecule is Cc1ccc2c(Br)cc(Br)c(O)c2n1.[Co].c1ccc(-c2ccccn2)nc1.c1ccc2nc3ccccc3nc2c1. The van der Waals surface area contributed by atoms with E-state index in [0.29, 0.717) is 9.99 Å². The molecule has 4 aromatic heterocycles. The van der Waals surface area contributed by atoms with Gasteiger partial charge in [-0.2, -0.15) is 0 Å². The van der Waals surface area contributed by atoms with Gasteiger partial charge in [0.05, 0.1) is 37.9 Å². The van der Waals surface area contributed by atoms with Crippen molar-refractivity contribution in [1.82, 2.24) is 24.9 Å². The molecule has 0 atom stereocenters. The number of aryl methyl sites for hydroxylation is 1. The molecule has 0 spiro atoms. The van der Waals surface area contributed by atoms with Crippen molar-refractivity contribution in [2.45, 2.75) is 6.92 Å². The topological polar surface area (TPSA) is 84.7 Å². The Morgan fingerprint density at radius 1 is 0.561 bits per heavy atom. The second kappa shape index (κ2) is 14.2. The molecule has 9 heteroatoms. The van der Waals surface area contributed by atoms with Gasteiger partial charge in [0.1, 0.15) is 5.52 Å². The Labute approximate surface area is 264 Å². The van der Waals surface area contributed by atoms with Crippen LogP contribution in [0, 0.1) is 6.92 Å². The third-order valence-electron chi connectivity index (χ3n) is 5.83. The molecular formula is C32H23Br2CoN5O. The first kappa shape index (κ1) is 30.2. The van der Waals surface area contributed by atoms with E-state index in [1.54, 1.807) is 12.4 Å². The van der Waals surface area contributed by atoms with E-state index in [2.05, 4.69) is 56.8 Å². The number of nitrogens with zero attached hydrogens (tertiary/aromatic N) is 5. The Bertz CT molecular complexity index is 1770. The molecule has 0 fully saturated rings. The van der Waals surface area contributed by atoms with Crippen LogP contribution in [0.25, 0.3) is 44.4 Å². The Balaban J connectivity index is 0.000000140. The molecule has 7 aromatic rings. The molecule has 0 saturated heterocycles. The number of aromatic nitrogens is 5. The largest absolute Gasteiger partial charge is 0.505 e. The molecule has 0 amide bonds. The van der Waals surface area contributed by atoms with Gasteiger partial charge in [0.15, 0.2) is 5.75 Å². The summed E-state index contributed by atoms with van der Waals surface area (Å²) < 4.78 is 1.57. The molecule has 0 aliphatic carbocycles. The predicted octanol–water partition coefficient (Wildman–Crippen LogP) is 8.70. The molecule has 3 aromatic carbocycles. The van der Waals surface area contributed by atoms with Crippen LogP contribution < -0.4 is 0 Å². The Morgan fingerprint density at radius 2 is 1.02 bits per heavy atom. The van der Waals surface area contributed by atoms with Gasteiger partial charge in [0.25, 0.3) is 0 Å². The number of hydrogen-bond donors (Lipinski definition) is 1. The van der Waals surface area contributed by atoms with Gasteiger partial charge in [0, 0.05) is 44.7 Å². The number of para-hydroxylation sites is 4. The summed E-state index contributed by atoms with van der Waals surface area (Å²) in [4.78, 5) is 21.7. The second-order valence-corrected chi connectivity index (χ2v) is 10.4. The Kier molecular flexibility index (Phi) is 10.5. The van der Waals surface area contributed by atoms with Gasteiger partial charge in [0.2, 0.25) is 0 Å². The van der Waals surface area contributed by atoms with Gasteiger partial charge in [-0.15, -0.1) is 0 Å². The number of hydrogen-bond acceptors (Lipinski definition) is 6. The van der Waals surface area contributed by atoms with Gasteiger partial charge in [-0.25, -0.2) is 15.0 Å². The van der Waals surface area contributed by atoms with E-state index in [4.69, 9.17) is 0 Å². The first-order chi connectivity index (χ1) is 19.5. The minimum atomic E-state index is 0. The van der Waals surface area contributed by atoms with Crippen LogP contribution in [0.2, 0.25) is 0 Å². The monoisotopic (exact) mass is 710 g/mol. The smallest absolute Gasteiger partial charge is 0.156 e. The van der Waals surface area contributed by atoms with Crippen LogP contribution in [0.3, 0.4) is 0 Å². The summed E-state index contributed by atoms with van der Waals surface area (Å²) in [7, 11) is 0. The normalized spacial score (nSPS) is 10.2. The van der Waals surface area contributed by atoms with Gasteiger partial charge in [-0.1, -0.05) is 52.3 Å². The van der Waals surface area contributed by atoms with Gasteiger partial charge in [-0.3, -0.25) is 9.97 Å². The third kappa shape index (κ3) is 7.50. The van der Waals surface area contributed by atoms with Gasteiger partial charge in [-0.05, 0) is 89.6 Å². The number of fused-ring (bicyclic) bond motifs is 3. The van der Waals surface area contributed by atoms with E-state index in [-0.39, 0.29) is 22.5 Å². The Hall–Kier alpha value is -3.76. The van der Waals surface area contributed by atoms with Crippen LogP contribution in [0.5, 0.6) is 5.75 Å². The number of phenols is 1. The molecule has 1 radical (unpaired) electrons. The zero-order valence-electron chi connectivity index (χ0n) is 21.7. The minimum Gasteiger partial charge on any atom is -0.505 e. The zero-order chi connectivity index (χ0) is 27.9. The summed E-state index contributed by atoms with van der Waals surface area (Å²) in [5, 5.41) is 10.7. The molecule has 0 unspecified atom stereocenters. The maximum atomic E-state index is 9.78. The summed E-state index contributed by atoms with van der Waals surface area (Å²) >= 11 is 6.70. The maximum Gasteiger partial charge on any atom is 0.156 e. The molecule has 0 aliphatic heterocycles. The number of benzene rings is 3. The fourth-order valence-electron chi connectivity index (χ4n) is 3.90. The number of halogens is 2. The van der Waals surface area contributed by atoms with Gasteiger partial charge >= 0.3 is 0 Å². The zero-order valence-corrected chi connectivity index (χ0v) is 26.0. The van der Waals surface area contributed by atoms with Crippen LogP contribution in [0.1, 0.15) is 5.69 Å². The van der Waals surface area contributed by atoms with Crippen molar-refractivity contribution in [3.8, 4) is 17.1 Å². The summed E-state index contributed by atoms with van der Waals surface area (Å²) in [5.74, 6) is 0.187. The van der Waals surface area contributed by atoms with E-state index in [1.165, 1.54) is 0 Å². The fraction of sp³-hybridized carbons (Fsp3) is 0.0312. The van der Waals surface area contributed by atoms with Gasteiger partial charge < -0.3 is 5.11 Å². The molecule has 41 heavy (non-hydrogen) atoms. The van der Waals surface area contributed by atoms with Crippen molar-refractivity contribution >= 4 is 64.8 Å². The van der Waals surface area contributed by atoms with Crippen LogP contribution in [0.4, 0.5) is 0 Å². The molecule has 6 nitrogen and oxygen atoms in total. The summed E-state index contributed by atoms with van der Waals surface area (Å²) in [5.41, 5.74) is 7.13. The maximum absolute atomic E-state index is 9.78. The van der Waals surface area contributed by atoms with Crippen molar-refractivity contribution in [1.29, 1.82) is 0 Å². The van der Waals surface area contributed by atoms with Crippen molar-refractivity contribution < 1.29 is 21.9 Å². The Morgan fingerprint density at radius 3 is 1.46 bits per heavy atom.